The van der Waals surface area contributed by atoms with Gasteiger partial charge in [0.1, 0.15) is 13.2 Å². The molecule has 1 aliphatic carbocycles. The fourth-order valence-corrected chi connectivity index (χ4v) is 4.91. The van der Waals surface area contributed by atoms with Crippen LogP contribution in [-0.4, -0.2) is 54.3 Å². The molecule has 2 fully saturated rings. The molecule has 1 saturated heterocycles. The largest absolute Gasteiger partial charge is 0.486 e. The molecule has 0 amide bonds. The number of hydrogen-bond donors (Lipinski definition) is 1. The normalized spacial score (nSPS) is 25.7. The number of hydrogen-bond acceptors (Lipinski definition) is 8. The lowest BCUT2D eigenvalue weighted by Gasteiger charge is -2.22. The minimum atomic E-state index is -3.80. The van der Waals surface area contributed by atoms with Gasteiger partial charge in [0, 0.05) is 24.9 Å². The van der Waals surface area contributed by atoms with Crippen molar-refractivity contribution in [2.45, 2.75) is 35.7 Å². The van der Waals surface area contributed by atoms with Crippen LogP contribution in [0.2, 0.25) is 0 Å². The molecule has 2 aliphatic heterocycles. The van der Waals surface area contributed by atoms with Crippen molar-refractivity contribution >= 4 is 10.0 Å². The lowest BCUT2D eigenvalue weighted by molar-refractivity contribution is 0.0194. The van der Waals surface area contributed by atoms with Crippen LogP contribution < -0.4 is 9.47 Å². The van der Waals surface area contributed by atoms with Crippen molar-refractivity contribution in [2.75, 3.05) is 26.3 Å². The smallest absolute Gasteiger partial charge is 0.260 e. The van der Waals surface area contributed by atoms with Crippen molar-refractivity contribution in [3.8, 4) is 11.5 Å². The topological polar surface area (TPSA) is 115 Å². The highest BCUT2D eigenvalue weighted by Crippen LogP contribution is 2.41. The molecule has 1 aromatic heterocycles. The van der Waals surface area contributed by atoms with Crippen molar-refractivity contribution in [3.63, 3.8) is 0 Å². The SMILES string of the molecule is O=S(=O)(c1ccc2c(c1)OCCO2)N1CC[C@@](O)(c2nc(C3CC3)no2)C1. The monoisotopic (exact) mass is 393 g/mol. The van der Waals surface area contributed by atoms with E-state index in [1.54, 1.807) is 6.07 Å². The quantitative estimate of drug-likeness (QED) is 0.818. The number of nitrogens with zero attached hydrogens (tertiary/aromatic N) is 3. The number of benzene rings is 1. The highest BCUT2D eigenvalue weighted by atomic mass is 32.2. The Labute approximate surface area is 155 Å². The zero-order valence-corrected chi connectivity index (χ0v) is 15.3. The molecule has 3 heterocycles. The molecule has 1 aromatic carbocycles. The van der Waals surface area contributed by atoms with Gasteiger partial charge in [-0.25, -0.2) is 8.42 Å². The van der Waals surface area contributed by atoms with E-state index in [2.05, 4.69) is 10.1 Å². The molecule has 1 atom stereocenters. The highest BCUT2D eigenvalue weighted by Gasteiger charge is 2.47. The molecule has 0 spiro atoms. The van der Waals surface area contributed by atoms with E-state index >= 15 is 0 Å². The van der Waals surface area contributed by atoms with Gasteiger partial charge in [-0.05, 0) is 25.0 Å². The standard InChI is InChI=1S/C17H19N3O6S/c21-17(16-18-15(19-26-16)11-1-2-11)5-6-20(10-17)27(22,23)12-3-4-13-14(9-12)25-8-7-24-13/h3-4,9,11,21H,1-2,5-8,10H2/t17-/m0/s1. The molecule has 144 valence electrons. The fraction of sp³-hybridized carbons (Fsp3) is 0.529. The van der Waals surface area contributed by atoms with Gasteiger partial charge in [0.25, 0.3) is 5.89 Å². The number of β-amino-alcohol motifs (C(OH)–C–C–N with tert-alkyl or cyclic N) is 1. The van der Waals surface area contributed by atoms with E-state index in [1.165, 1.54) is 16.4 Å². The number of sulfonamides is 1. The summed E-state index contributed by atoms with van der Waals surface area (Å²) in [4.78, 5) is 4.38. The zero-order valence-electron chi connectivity index (χ0n) is 14.5. The van der Waals surface area contributed by atoms with E-state index in [-0.39, 0.29) is 30.3 Å². The summed E-state index contributed by atoms with van der Waals surface area (Å²) in [5, 5.41) is 14.8. The average molecular weight is 393 g/mol. The van der Waals surface area contributed by atoms with E-state index in [9.17, 15) is 13.5 Å². The predicted octanol–water partition coefficient (Wildman–Crippen LogP) is 1.00. The third-order valence-electron chi connectivity index (χ3n) is 5.15. The Kier molecular flexibility index (Phi) is 3.72. The third kappa shape index (κ3) is 2.88. The van der Waals surface area contributed by atoms with Gasteiger partial charge >= 0.3 is 0 Å². The Morgan fingerprint density at radius 1 is 1.19 bits per heavy atom. The summed E-state index contributed by atoms with van der Waals surface area (Å²) >= 11 is 0. The van der Waals surface area contributed by atoms with Crippen LogP contribution in [0.1, 0.15) is 36.9 Å². The molecule has 5 rings (SSSR count). The summed E-state index contributed by atoms with van der Waals surface area (Å²) in [6.45, 7) is 0.843. The lowest BCUT2D eigenvalue weighted by atomic mass is 10.0. The average Bonchev–Trinajstić information content (AvgIpc) is 3.24. The Morgan fingerprint density at radius 2 is 1.96 bits per heavy atom. The molecule has 3 aliphatic rings. The van der Waals surface area contributed by atoms with E-state index in [1.807, 2.05) is 0 Å². The van der Waals surface area contributed by atoms with Gasteiger partial charge < -0.3 is 19.1 Å². The first kappa shape index (κ1) is 17.0. The predicted molar refractivity (Wildman–Crippen MR) is 91.0 cm³/mol. The van der Waals surface area contributed by atoms with Gasteiger partial charge in [-0.15, -0.1) is 0 Å². The van der Waals surface area contributed by atoms with Crippen molar-refractivity contribution < 1.29 is 27.5 Å². The molecule has 27 heavy (non-hydrogen) atoms. The second-order valence-electron chi connectivity index (χ2n) is 7.16. The molecule has 2 aromatic rings. The second-order valence-corrected chi connectivity index (χ2v) is 9.10. The molecular weight excluding hydrogens is 374 g/mol. The van der Waals surface area contributed by atoms with Crippen LogP contribution in [0.25, 0.3) is 0 Å². The molecule has 1 saturated carbocycles. The first-order chi connectivity index (χ1) is 13.0. The summed E-state index contributed by atoms with van der Waals surface area (Å²) in [5.41, 5.74) is -1.47. The van der Waals surface area contributed by atoms with E-state index in [4.69, 9.17) is 14.0 Å². The van der Waals surface area contributed by atoms with Gasteiger partial charge in [0.2, 0.25) is 10.0 Å². The molecule has 1 N–H and O–H groups in total. The van der Waals surface area contributed by atoms with Crippen LogP contribution in [0.15, 0.2) is 27.6 Å². The van der Waals surface area contributed by atoms with Crippen molar-refractivity contribution in [1.29, 1.82) is 0 Å². The van der Waals surface area contributed by atoms with Gasteiger partial charge in [-0.3, -0.25) is 0 Å². The maximum absolute atomic E-state index is 13.0. The summed E-state index contributed by atoms with van der Waals surface area (Å²) in [6, 6.07) is 4.53. The fourth-order valence-electron chi connectivity index (χ4n) is 3.40. The summed E-state index contributed by atoms with van der Waals surface area (Å²) in [7, 11) is -3.80. The van der Waals surface area contributed by atoms with E-state index in [0.29, 0.717) is 36.5 Å². The van der Waals surface area contributed by atoms with Crippen molar-refractivity contribution in [1.82, 2.24) is 14.4 Å². The van der Waals surface area contributed by atoms with Crippen LogP contribution in [0, 0.1) is 0 Å². The van der Waals surface area contributed by atoms with Crippen molar-refractivity contribution in [3.05, 3.63) is 29.9 Å². The first-order valence-corrected chi connectivity index (χ1v) is 10.4. The minimum Gasteiger partial charge on any atom is -0.486 e. The maximum atomic E-state index is 13.0. The van der Waals surface area contributed by atoms with Crippen LogP contribution in [0.4, 0.5) is 0 Å². The highest BCUT2D eigenvalue weighted by molar-refractivity contribution is 7.89. The molecular formula is C17H19N3O6S. The Bertz CT molecular complexity index is 986. The van der Waals surface area contributed by atoms with Crippen LogP contribution >= 0.6 is 0 Å². The van der Waals surface area contributed by atoms with Gasteiger partial charge in [0.05, 0.1) is 11.4 Å². The molecule has 0 unspecified atom stereocenters. The summed E-state index contributed by atoms with van der Waals surface area (Å²) in [6.07, 6.45) is 2.23. The van der Waals surface area contributed by atoms with E-state index < -0.39 is 15.6 Å². The van der Waals surface area contributed by atoms with Crippen LogP contribution in [0.3, 0.4) is 0 Å². The number of aliphatic hydroxyl groups is 1. The van der Waals surface area contributed by atoms with Crippen LogP contribution in [0.5, 0.6) is 11.5 Å². The number of ether oxygens (including phenoxy) is 2. The molecule has 0 bridgehead atoms. The molecule has 0 radical (unpaired) electrons. The zero-order chi connectivity index (χ0) is 18.6. The van der Waals surface area contributed by atoms with Gasteiger partial charge in [-0.1, -0.05) is 5.16 Å². The van der Waals surface area contributed by atoms with Crippen molar-refractivity contribution in [2.24, 2.45) is 0 Å². The molecule has 9 nitrogen and oxygen atoms in total. The van der Waals surface area contributed by atoms with Gasteiger partial charge in [0.15, 0.2) is 22.9 Å². The summed E-state index contributed by atoms with van der Waals surface area (Å²) in [5.74, 6) is 1.90. The molecule has 10 heteroatoms. The maximum Gasteiger partial charge on any atom is 0.260 e. The van der Waals surface area contributed by atoms with Gasteiger partial charge in [-0.2, -0.15) is 9.29 Å². The lowest BCUT2D eigenvalue weighted by Crippen LogP contribution is -2.34. The number of aromatic nitrogens is 2. The van der Waals surface area contributed by atoms with Crippen LogP contribution in [-0.2, 0) is 15.6 Å². The Morgan fingerprint density at radius 3 is 2.74 bits per heavy atom. The minimum absolute atomic E-state index is 0.0873. The number of rotatable bonds is 4. The Balaban J connectivity index is 1.39. The second kappa shape index (κ2) is 5.91. The van der Waals surface area contributed by atoms with E-state index in [0.717, 1.165) is 12.8 Å². The first-order valence-electron chi connectivity index (χ1n) is 8.92. The Hall–Kier alpha value is -2.17. The third-order valence-corrected chi connectivity index (χ3v) is 6.99. The summed E-state index contributed by atoms with van der Waals surface area (Å²) < 4.78 is 43.4. The number of fused-ring (bicyclic) bond motifs is 1.